The van der Waals surface area contributed by atoms with E-state index in [1.54, 1.807) is 12.1 Å². The van der Waals surface area contributed by atoms with Crippen molar-refractivity contribution < 1.29 is 9.18 Å². The van der Waals surface area contributed by atoms with Gasteiger partial charge in [0.2, 0.25) is 17.8 Å². The first-order valence-electron chi connectivity index (χ1n) is 11.1. The molecule has 33 heavy (non-hydrogen) atoms. The molecule has 1 amide bonds. The molecule has 2 aliphatic rings. The number of benzene rings is 1. The smallest absolute Gasteiger partial charge is 0.247 e. The molecule has 1 aliphatic carbocycles. The van der Waals surface area contributed by atoms with E-state index < -0.39 is 6.04 Å². The lowest BCUT2D eigenvalue weighted by molar-refractivity contribution is -0.117. The van der Waals surface area contributed by atoms with E-state index in [0.717, 1.165) is 17.8 Å². The number of aromatic nitrogens is 5. The fraction of sp³-hybridized carbons (Fsp3) is 0.304. The van der Waals surface area contributed by atoms with Crippen LogP contribution in [0, 0.1) is 5.82 Å². The summed E-state index contributed by atoms with van der Waals surface area (Å²) in [6.45, 7) is 0.673. The number of hydrogen-bond acceptors (Lipinski definition) is 6. The first-order valence-corrected chi connectivity index (χ1v) is 11.1. The van der Waals surface area contributed by atoms with Crippen LogP contribution in [0.25, 0.3) is 5.65 Å². The average molecular weight is 446 g/mol. The van der Waals surface area contributed by atoms with Crippen LogP contribution in [0.15, 0.2) is 48.7 Å². The molecule has 1 atom stereocenters. The zero-order valence-corrected chi connectivity index (χ0v) is 17.8. The van der Waals surface area contributed by atoms with Crippen molar-refractivity contribution in [3.05, 3.63) is 60.2 Å². The van der Waals surface area contributed by atoms with Crippen LogP contribution in [-0.2, 0) is 4.79 Å². The predicted molar refractivity (Wildman–Crippen MR) is 122 cm³/mol. The average Bonchev–Trinajstić information content (AvgIpc) is 3.20. The van der Waals surface area contributed by atoms with Crippen molar-refractivity contribution in [2.45, 2.75) is 37.6 Å². The van der Waals surface area contributed by atoms with Crippen molar-refractivity contribution in [1.82, 2.24) is 24.6 Å². The molecule has 3 N–H and O–H groups in total. The lowest BCUT2D eigenvalue weighted by atomic mass is 10.2. The Morgan fingerprint density at radius 2 is 1.97 bits per heavy atom. The number of amides is 1. The molecule has 1 aromatic carbocycles. The number of H-pyrrole nitrogens is 1. The van der Waals surface area contributed by atoms with Gasteiger partial charge in [0.1, 0.15) is 17.5 Å². The first kappa shape index (κ1) is 19.7. The second-order valence-electron chi connectivity index (χ2n) is 8.54. The topological polar surface area (TPSA) is 103 Å². The zero-order valence-electron chi connectivity index (χ0n) is 17.8. The minimum atomic E-state index is -0.410. The number of rotatable bonds is 6. The van der Waals surface area contributed by atoms with Crippen molar-refractivity contribution in [3.8, 4) is 0 Å². The monoisotopic (exact) mass is 446 g/mol. The maximum atomic E-state index is 13.2. The Labute approximate surface area is 189 Å². The molecule has 2 fully saturated rings. The highest BCUT2D eigenvalue weighted by atomic mass is 19.1. The largest absolute Gasteiger partial charge is 0.329 e. The third-order valence-corrected chi connectivity index (χ3v) is 6.15. The molecule has 10 heteroatoms. The summed E-state index contributed by atoms with van der Waals surface area (Å²) in [6.07, 6.45) is 5.81. The van der Waals surface area contributed by atoms with E-state index in [-0.39, 0.29) is 11.7 Å². The van der Waals surface area contributed by atoms with Crippen molar-refractivity contribution >= 4 is 35.0 Å². The van der Waals surface area contributed by atoms with Crippen molar-refractivity contribution in [1.29, 1.82) is 0 Å². The lowest BCUT2D eigenvalue weighted by Crippen LogP contribution is -2.40. The molecule has 168 valence electrons. The van der Waals surface area contributed by atoms with Gasteiger partial charge < -0.3 is 15.5 Å². The van der Waals surface area contributed by atoms with Crippen LogP contribution in [0.5, 0.6) is 0 Å². The van der Waals surface area contributed by atoms with Crippen LogP contribution < -0.4 is 15.5 Å². The summed E-state index contributed by atoms with van der Waals surface area (Å²) in [7, 11) is 0. The van der Waals surface area contributed by atoms with Crippen LogP contribution in [0.4, 0.5) is 27.8 Å². The molecule has 0 radical (unpaired) electrons. The van der Waals surface area contributed by atoms with Crippen LogP contribution in [0.2, 0.25) is 0 Å². The summed E-state index contributed by atoms with van der Waals surface area (Å²) in [5.41, 5.74) is 2.42. The SMILES string of the molecule is O=C(Nc1ccc(F)cc1)[C@@H]1CCCN1c1nc(Nc2cc(C3CC3)[nH]n2)n2cccc2n1. The molecule has 1 aliphatic heterocycles. The molecule has 9 nitrogen and oxygen atoms in total. The lowest BCUT2D eigenvalue weighted by Gasteiger charge is -2.24. The molecule has 4 heterocycles. The van der Waals surface area contributed by atoms with E-state index in [1.165, 1.54) is 25.0 Å². The Morgan fingerprint density at radius 3 is 2.79 bits per heavy atom. The zero-order chi connectivity index (χ0) is 22.4. The third-order valence-electron chi connectivity index (χ3n) is 6.15. The molecule has 0 spiro atoms. The Morgan fingerprint density at radius 1 is 1.12 bits per heavy atom. The quantitative estimate of drug-likeness (QED) is 0.416. The van der Waals surface area contributed by atoms with Gasteiger partial charge in [-0.05, 0) is 62.1 Å². The number of hydrogen-bond donors (Lipinski definition) is 3. The number of carbonyl (C=O) groups is 1. The maximum Gasteiger partial charge on any atom is 0.247 e. The minimum Gasteiger partial charge on any atom is -0.329 e. The molecule has 6 rings (SSSR count). The molecule has 4 aromatic rings. The molecule has 3 aromatic heterocycles. The summed E-state index contributed by atoms with van der Waals surface area (Å²) in [6, 6.07) is 11.2. The molecule has 0 bridgehead atoms. The van der Waals surface area contributed by atoms with E-state index in [0.29, 0.717) is 42.3 Å². The van der Waals surface area contributed by atoms with Gasteiger partial charge in [-0.2, -0.15) is 15.1 Å². The molecular formula is C23H23FN8O. The van der Waals surface area contributed by atoms with Crippen LogP contribution in [-0.4, -0.2) is 43.1 Å². The van der Waals surface area contributed by atoms with Crippen LogP contribution in [0.1, 0.15) is 37.3 Å². The predicted octanol–water partition coefficient (Wildman–Crippen LogP) is 3.82. The summed E-state index contributed by atoms with van der Waals surface area (Å²) < 4.78 is 15.1. The maximum absolute atomic E-state index is 13.2. The van der Waals surface area contributed by atoms with E-state index >= 15 is 0 Å². The summed E-state index contributed by atoms with van der Waals surface area (Å²) in [5.74, 6) is 1.84. The fourth-order valence-electron chi connectivity index (χ4n) is 4.29. The first-order chi connectivity index (χ1) is 16.1. The highest BCUT2D eigenvalue weighted by Gasteiger charge is 2.33. The summed E-state index contributed by atoms with van der Waals surface area (Å²) >= 11 is 0. The van der Waals surface area contributed by atoms with Crippen molar-refractivity contribution in [3.63, 3.8) is 0 Å². The van der Waals surface area contributed by atoms with Crippen molar-refractivity contribution in [2.24, 2.45) is 0 Å². The van der Waals surface area contributed by atoms with Gasteiger partial charge in [0.15, 0.2) is 5.82 Å². The Balaban J connectivity index is 1.27. The second kappa shape index (κ2) is 7.88. The number of anilines is 4. The van der Waals surface area contributed by atoms with Gasteiger partial charge in [-0.1, -0.05) is 0 Å². The Hall–Kier alpha value is -3.95. The van der Waals surface area contributed by atoms with Gasteiger partial charge in [0.25, 0.3) is 0 Å². The van der Waals surface area contributed by atoms with Gasteiger partial charge in [-0.3, -0.25) is 14.3 Å². The number of halogens is 1. The van der Waals surface area contributed by atoms with E-state index in [4.69, 9.17) is 9.97 Å². The minimum absolute atomic E-state index is 0.158. The Kier molecular flexibility index (Phi) is 4.70. The van der Waals surface area contributed by atoms with Crippen LogP contribution in [0.3, 0.4) is 0 Å². The second-order valence-corrected chi connectivity index (χ2v) is 8.54. The Bertz CT molecular complexity index is 1310. The van der Waals surface area contributed by atoms with Gasteiger partial charge in [0.05, 0.1) is 0 Å². The third kappa shape index (κ3) is 3.88. The molecule has 1 saturated carbocycles. The highest BCUT2D eigenvalue weighted by Crippen LogP contribution is 2.39. The number of carbonyl (C=O) groups excluding carboxylic acids is 1. The number of nitrogens with zero attached hydrogens (tertiary/aromatic N) is 5. The number of fused-ring (bicyclic) bond motifs is 1. The summed E-state index contributed by atoms with van der Waals surface area (Å²) in [4.78, 5) is 24.4. The van der Waals surface area contributed by atoms with Crippen molar-refractivity contribution in [2.75, 3.05) is 22.1 Å². The number of aromatic amines is 1. The number of nitrogens with one attached hydrogen (secondary N) is 3. The van der Waals surface area contributed by atoms with Crippen LogP contribution >= 0.6 is 0 Å². The molecule has 0 unspecified atom stereocenters. The van der Waals surface area contributed by atoms with Gasteiger partial charge >= 0.3 is 0 Å². The van der Waals surface area contributed by atoms with Gasteiger partial charge in [0, 0.05) is 36.1 Å². The van der Waals surface area contributed by atoms with E-state index in [1.807, 2.05) is 33.7 Å². The normalized spacial score (nSPS) is 18.1. The standard InChI is InChI=1S/C23H23FN8O/c24-15-7-9-16(10-8-15)25-21(33)18-3-1-11-31(18)23-27-20-4-2-12-32(20)22(28-23)26-19-13-17(29-30-19)14-5-6-14/h2,4,7-10,12-14,18H,1,3,5-6,11H2,(H,25,33)(H2,26,27,28,29,30)/t18-/m0/s1. The highest BCUT2D eigenvalue weighted by molar-refractivity contribution is 5.97. The van der Waals surface area contributed by atoms with E-state index in [9.17, 15) is 9.18 Å². The fourth-order valence-corrected chi connectivity index (χ4v) is 4.29. The van der Waals surface area contributed by atoms with E-state index in [2.05, 4.69) is 20.8 Å². The molecule has 1 saturated heterocycles. The van der Waals surface area contributed by atoms with Gasteiger partial charge in [-0.25, -0.2) is 4.39 Å². The van der Waals surface area contributed by atoms with Gasteiger partial charge in [-0.15, -0.1) is 0 Å². The molecular weight excluding hydrogens is 423 g/mol. The summed E-state index contributed by atoms with van der Waals surface area (Å²) in [5, 5.41) is 13.6.